The third kappa shape index (κ3) is 47.2. The number of carbonyl (C=O) groups is 3. The first-order valence-corrected chi connectivity index (χ1v) is 24.7. The second-order valence-electron chi connectivity index (χ2n) is 16.0. The SMILES string of the molecule is CC/C=C\C/C=C\C/C=C\C/C=C\C/C=C\CC(=O)OC(COC(=O)CCCCCCCCC/C=C\C/C=C\C/C=C\CC)COC(=O)CCCCCCCCCCCCC. The minimum absolute atomic E-state index is 0.0936. The molecule has 0 amide bonds. The molecular weight excluding hydrogens is 757 g/mol. The highest BCUT2D eigenvalue weighted by atomic mass is 16.6. The van der Waals surface area contributed by atoms with Crippen LogP contribution < -0.4 is 0 Å². The van der Waals surface area contributed by atoms with E-state index in [4.69, 9.17) is 14.2 Å². The molecule has 6 nitrogen and oxygen atoms in total. The van der Waals surface area contributed by atoms with Crippen molar-refractivity contribution in [3.05, 3.63) is 97.2 Å². The van der Waals surface area contributed by atoms with Crippen LogP contribution in [0.2, 0.25) is 0 Å². The van der Waals surface area contributed by atoms with Crippen molar-refractivity contribution in [1.82, 2.24) is 0 Å². The van der Waals surface area contributed by atoms with Crippen LogP contribution in [0.3, 0.4) is 0 Å². The van der Waals surface area contributed by atoms with E-state index in [1.165, 1.54) is 77.0 Å². The fourth-order valence-electron chi connectivity index (χ4n) is 6.47. The zero-order valence-electron chi connectivity index (χ0n) is 39.4. The van der Waals surface area contributed by atoms with Crippen molar-refractivity contribution in [2.75, 3.05) is 13.2 Å². The minimum atomic E-state index is -0.834. The Morgan fingerprint density at radius 1 is 0.361 bits per heavy atom. The van der Waals surface area contributed by atoms with Crippen LogP contribution in [0.15, 0.2) is 97.2 Å². The van der Waals surface area contributed by atoms with E-state index >= 15 is 0 Å². The molecule has 0 aromatic rings. The summed E-state index contributed by atoms with van der Waals surface area (Å²) < 4.78 is 16.6. The van der Waals surface area contributed by atoms with E-state index in [0.717, 1.165) is 96.3 Å². The summed E-state index contributed by atoms with van der Waals surface area (Å²) in [7, 11) is 0. The van der Waals surface area contributed by atoms with Crippen LogP contribution in [0.4, 0.5) is 0 Å². The molecular formula is C55H90O6. The number of hydrogen-bond donors (Lipinski definition) is 0. The molecule has 0 aromatic carbocycles. The lowest BCUT2D eigenvalue weighted by Crippen LogP contribution is -2.30. The molecule has 0 bridgehead atoms. The predicted octanol–water partition coefficient (Wildman–Crippen LogP) is 16.2. The van der Waals surface area contributed by atoms with Gasteiger partial charge < -0.3 is 14.2 Å². The molecule has 0 aliphatic carbocycles. The average Bonchev–Trinajstić information content (AvgIpc) is 3.26. The molecule has 346 valence electrons. The average molecular weight is 847 g/mol. The third-order valence-electron chi connectivity index (χ3n) is 10.1. The zero-order chi connectivity index (χ0) is 44.4. The van der Waals surface area contributed by atoms with Crippen LogP contribution >= 0.6 is 0 Å². The van der Waals surface area contributed by atoms with Gasteiger partial charge >= 0.3 is 17.9 Å². The van der Waals surface area contributed by atoms with E-state index in [0.29, 0.717) is 12.8 Å². The Morgan fingerprint density at radius 2 is 0.689 bits per heavy atom. The molecule has 0 heterocycles. The minimum Gasteiger partial charge on any atom is -0.462 e. The first-order chi connectivity index (χ1) is 30.0. The molecule has 61 heavy (non-hydrogen) atoms. The largest absolute Gasteiger partial charge is 0.462 e. The van der Waals surface area contributed by atoms with Crippen molar-refractivity contribution < 1.29 is 28.6 Å². The van der Waals surface area contributed by atoms with E-state index in [1.54, 1.807) is 6.08 Å². The topological polar surface area (TPSA) is 78.9 Å². The number of esters is 3. The normalized spacial score (nSPS) is 12.9. The van der Waals surface area contributed by atoms with Crippen molar-refractivity contribution in [2.45, 2.75) is 219 Å². The first-order valence-electron chi connectivity index (χ1n) is 24.7. The highest BCUT2D eigenvalue weighted by molar-refractivity contribution is 5.72. The molecule has 1 unspecified atom stereocenters. The molecule has 1 atom stereocenters. The number of unbranched alkanes of at least 4 members (excludes halogenated alkanes) is 17. The Balaban J connectivity index is 4.51. The van der Waals surface area contributed by atoms with Gasteiger partial charge in [0, 0.05) is 12.8 Å². The smallest absolute Gasteiger partial charge is 0.310 e. The Bertz CT molecular complexity index is 1250. The van der Waals surface area contributed by atoms with Gasteiger partial charge in [0.25, 0.3) is 0 Å². The van der Waals surface area contributed by atoms with Crippen LogP contribution in [-0.4, -0.2) is 37.2 Å². The molecule has 0 spiro atoms. The van der Waals surface area contributed by atoms with Crippen LogP contribution in [0.5, 0.6) is 0 Å². The second-order valence-corrected chi connectivity index (χ2v) is 16.0. The summed E-state index contributed by atoms with van der Waals surface area (Å²) in [5.74, 6) is -1.06. The van der Waals surface area contributed by atoms with E-state index in [2.05, 4.69) is 106 Å². The van der Waals surface area contributed by atoms with Gasteiger partial charge in [0.05, 0.1) is 6.42 Å². The van der Waals surface area contributed by atoms with Gasteiger partial charge in [-0.05, 0) is 77.0 Å². The lowest BCUT2D eigenvalue weighted by Gasteiger charge is -2.18. The van der Waals surface area contributed by atoms with Crippen LogP contribution in [-0.2, 0) is 28.6 Å². The third-order valence-corrected chi connectivity index (χ3v) is 10.1. The first kappa shape index (κ1) is 57.3. The van der Waals surface area contributed by atoms with Gasteiger partial charge in [-0.3, -0.25) is 14.4 Å². The van der Waals surface area contributed by atoms with Gasteiger partial charge in [-0.15, -0.1) is 0 Å². The molecule has 0 aromatic heterocycles. The lowest BCUT2D eigenvalue weighted by molar-refractivity contribution is -0.166. The van der Waals surface area contributed by atoms with E-state index in [-0.39, 0.29) is 31.6 Å². The van der Waals surface area contributed by atoms with Crippen molar-refractivity contribution in [1.29, 1.82) is 0 Å². The molecule has 0 fully saturated rings. The maximum absolute atomic E-state index is 12.7. The van der Waals surface area contributed by atoms with Crippen LogP contribution in [0.25, 0.3) is 0 Å². The molecule has 0 rings (SSSR count). The quantitative estimate of drug-likeness (QED) is 0.0263. The van der Waals surface area contributed by atoms with Gasteiger partial charge in [-0.2, -0.15) is 0 Å². The summed E-state index contributed by atoms with van der Waals surface area (Å²) in [6.07, 6.45) is 64.1. The number of rotatable bonds is 43. The zero-order valence-corrected chi connectivity index (χ0v) is 39.4. The fraction of sp³-hybridized carbons (Fsp3) is 0.655. The summed E-state index contributed by atoms with van der Waals surface area (Å²) in [6, 6.07) is 0. The van der Waals surface area contributed by atoms with Crippen molar-refractivity contribution in [2.24, 2.45) is 0 Å². The molecule has 6 heteroatoms. The van der Waals surface area contributed by atoms with Crippen molar-refractivity contribution in [3.8, 4) is 0 Å². The predicted molar refractivity (Wildman–Crippen MR) is 260 cm³/mol. The van der Waals surface area contributed by atoms with Crippen molar-refractivity contribution in [3.63, 3.8) is 0 Å². The van der Waals surface area contributed by atoms with Crippen LogP contribution in [0.1, 0.15) is 213 Å². The molecule has 0 aliphatic heterocycles. The van der Waals surface area contributed by atoms with E-state index in [1.807, 2.05) is 6.08 Å². The number of ether oxygens (including phenoxy) is 3. The Morgan fingerprint density at radius 3 is 1.08 bits per heavy atom. The Hall–Kier alpha value is -3.67. The molecule has 0 saturated carbocycles. The summed E-state index contributed by atoms with van der Waals surface area (Å²) in [5.41, 5.74) is 0. The monoisotopic (exact) mass is 847 g/mol. The summed E-state index contributed by atoms with van der Waals surface area (Å²) >= 11 is 0. The fourth-order valence-corrected chi connectivity index (χ4v) is 6.47. The Labute approximate surface area is 375 Å². The summed E-state index contributed by atoms with van der Waals surface area (Å²) in [4.78, 5) is 37.8. The summed E-state index contributed by atoms with van der Waals surface area (Å²) in [5, 5.41) is 0. The van der Waals surface area contributed by atoms with Gasteiger partial charge in [0.1, 0.15) is 13.2 Å². The van der Waals surface area contributed by atoms with Crippen molar-refractivity contribution >= 4 is 17.9 Å². The number of hydrogen-bond acceptors (Lipinski definition) is 6. The van der Waals surface area contributed by atoms with E-state index < -0.39 is 12.1 Å². The number of carbonyl (C=O) groups excluding carboxylic acids is 3. The van der Waals surface area contributed by atoms with Gasteiger partial charge in [-0.1, -0.05) is 214 Å². The maximum Gasteiger partial charge on any atom is 0.310 e. The maximum atomic E-state index is 12.7. The highest BCUT2D eigenvalue weighted by Gasteiger charge is 2.19. The molecule has 0 saturated heterocycles. The molecule has 0 radical (unpaired) electrons. The lowest BCUT2D eigenvalue weighted by atomic mass is 10.1. The molecule has 0 N–H and O–H groups in total. The molecule has 0 aliphatic rings. The van der Waals surface area contributed by atoms with E-state index in [9.17, 15) is 14.4 Å². The van der Waals surface area contributed by atoms with Gasteiger partial charge in [0.15, 0.2) is 6.10 Å². The number of allylic oxidation sites excluding steroid dienone is 15. The standard InChI is InChI=1S/C55H90O6/c1-4-7-10-13-16-19-22-24-26-27-29-30-33-36-39-42-45-48-54(57)60-51-52(50-59-53(56)47-44-41-38-35-32-21-18-15-12-9-6-3)61-55(58)49-46-43-40-37-34-31-28-25-23-20-17-14-11-8-5-2/h7-8,10-11,16-17,19-20,24-26,28,34,37,43,46,52H,4-6,9,12-15,18,21-23,27,29-33,35-36,38-42,44-45,47-51H2,1-3H3/b10-7-,11-8-,19-16-,20-17-,26-24-,28-25-,37-34-,46-43-. The Kier molecular flexibility index (Phi) is 46.0. The van der Waals surface area contributed by atoms with Crippen LogP contribution in [0, 0.1) is 0 Å². The highest BCUT2D eigenvalue weighted by Crippen LogP contribution is 2.14. The summed E-state index contributed by atoms with van der Waals surface area (Å²) in [6.45, 7) is 6.30. The second kappa shape index (κ2) is 49.0. The van der Waals surface area contributed by atoms with Gasteiger partial charge in [0.2, 0.25) is 0 Å². The van der Waals surface area contributed by atoms with Gasteiger partial charge in [-0.25, -0.2) is 0 Å².